The molecular weight excluding hydrogens is 438 g/mol. The summed E-state index contributed by atoms with van der Waals surface area (Å²) in [4.78, 5) is 43.2. The Bertz CT molecular complexity index is 1200. The molecule has 0 aliphatic rings. The number of furan rings is 1. The number of thiazole rings is 1. The molecule has 3 heterocycles. The summed E-state index contributed by atoms with van der Waals surface area (Å²) in [7, 11) is 0. The molecular formula is C21H17N3O5S2. The monoisotopic (exact) mass is 455 g/mol. The van der Waals surface area contributed by atoms with Crippen molar-refractivity contribution in [2.75, 3.05) is 23.4 Å². The minimum Gasteiger partial charge on any atom is -0.459 e. The molecule has 0 bridgehead atoms. The topological polar surface area (TPSA) is 102 Å². The number of likely N-dealkylation sites (N-methyl/N-ethyl adjacent to an activating group) is 1. The Labute approximate surface area is 185 Å². The van der Waals surface area contributed by atoms with E-state index in [9.17, 15) is 14.4 Å². The van der Waals surface area contributed by atoms with Crippen LogP contribution >= 0.6 is 22.7 Å². The zero-order chi connectivity index (χ0) is 21.8. The van der Waals surface area contributed by atoms with Gasteiger partial charge in [-0.05, 0) is 43.3 Å². The molecule has 0 radical (unpaired) electrons. The normalized spacial score (nSPS) is 10.7. The highest BCUT2D eigenvalue weighted by molar-refractivity contribution is 7.22. The van der Waals surface area contributed by atoms with Crippen molar-refractivity contribution >= 4 is 60.8 Å². The fourth-order valence-electron chi connectivity index (χ4n) is 2.77. The number of carbonyl (C=O) groups excluding carboxylic acids is 3. The SMILES string of the molecule is CCN(C(=O)COC(=O)c1ccc(NC(=O)c2ccco2)s1)c1nc2ccccc2s1. The van der Waals surface area contributed by atoms with Crippen LogP contribution in [0.5, 0.6) is 0 Å². The first-order valence-corrected chi connectivity index (χ1v) is 11.0. The summed E-state index contributed by atoms with van der Waals surface area (Å²) >= 11 is 2.45. The number of fused-ring (bicyclic) bond motifs is 1. The van der Waals surface area contributed by atoms with E-state index in [2.05, 4.69) is 10.3 Å². The Kier molecular flexibility index (Phi) is 6.10. The third-order valence-electron chi connectivity index (χ3n) is 4.25. The molecule has 0 fully saturated rings. The van der Waals surface area contributed by atoms with Gasteiger partial charge in [-0.1, -0.05) is 23.5 Å². The number of rotatable bonds is 7. The standard InChI is InChI=1S/C21H17N3O5S2/c1-2-24(21-22-13-6-3-4-8-15(13)31-21)18(25)12-29-20(27)16-9-10-17(30-16)23-19(26)14-7-5-11-28-14/h3-11H,2,12H2,1H3,(H,23,26). The fraction of sp³-hybridized carbons (Fsp3) is 0.143. The molecule has 0 aliphatic carbocycles. The van der Waals surface area contributed by atoms with Crippen molar-refractivity contribution in [3.8, 4) is 0 Å². The quantitative estimate of drug-likeness (QED) is 0.414. The third-order valence-corrected chi connectivity index (χ3v) is 6.29. The summed E-state index contributed by atoms with van der Waals surface area (Å²) in [6.45, 7) is 1.83. The smallest absolute Gasteiger partial charge is 0.348 e. The van der Waals surface area contributed by atoms with Crippen LogP contribution in [0, 0.1) is 0 Å². The maximum absolute atomic E-state index is 12.6. The van der Waals surface area contributed by atoms with Crippen molar-refractivity contribution in [3.63, 3.8) is 0 Å². The molecule has 0 saturated heterocycles. The first-order valence-electron chi connectivity index (χ1n) is 9.33. The van der Waals surface area contributed by atoms with E-state index in [0.717, 1.165) is 21.6 Å². The number of hydrogen-bond acceptors (Lipinski definition) is 8. The van der Waals surface area contributed by atoms with Crippen molar-refractivity contribution < 1.29 is 23.5 Å². The molecule has 8 nitrogen and oxygen atoms in total. The van der Waals surface area contributed by atoms with E-state index in [1.54, 1.807) is 12.1 Å². The van der Waals surface area contributed by atoms with E-state index in [4.69, 9.17) is 9.15 Å². The Morgan fingerprint density at radius 3 is 2.68 bits per heavy atom. The predicted molar refractivity (Wildman–Crippen MR) is 119 cm³/mol. The van der Waals surface area contributed by atoms with Crippen LogP contribution in [0.15, 0.2) is 59.2 Å². The minimum atomic E-state index is -0.641. The van der Waals surface area contributed by atoms with Crippen LogP contribution in [0.3, 0.4) is 0 Å². The highest BCUT2D eigenvalue weighted by Gasteiger charge is 2.21. The number of hydrogen-bond donors (Lipinski definition) is 1. The first-order chi connectivity index (χ1) is 15.0. The Hall–Kier alpha value is -3.50. The summed E-state index contributed by atoms with van der Waals surface area (Å²) < 4.78 is 11.2. The number of amides is 2. The number of esters is 1. The van der Waals surface area contributed by atoms with Crippen molar-refractivity contribution in [3.05, 3.63) is 65.4 Å². The number of aromatic nitrogens is 1. The Balaban J connectivity index is 1.36. The largest absolute Gasteiger partial charge is 0.459 e. The summed E-state index contributed by atoms with van der Waals surface area (Å²) in [5.41, 5.74) is 0.813. The van der Waals surface area contributed by atoms with Crippen LogP contribution in [-0.2, 0) is 9.53 Å². The maximum Gasteiger partial charge on any atom is 0.348 e. The van der Waals surface area contributed by atoms with Crippen molar-refractivity contribution in [2.45, 2.75) is 6.92 Å². The average molecular weight is 456 g/mol. The zero-order valence-corrected chi connectivity index (χ0v) is 18.0. The molecule has 10 heteroatoms. The second-order valence-corrected chi connectivity index (χ2v) is 8.37. The molecule has 2 amide bonds. The van der Waals surface area contributed by atoms with E-state index < -0.39 is 18.5 Å². The van der Waals surface area contributed by atoms with E-state index >= 15 is 0 Å². The lowest BCUT2D eigenvalue weighted by molar-refractivity contribution is -0.121. The molecule has 3 aromatic heterocycles. The lowest BCUT2D eigenvalue weighted by atomic mass is 10.3. The van der Waals surface area contributed by atoms with Gasteiger partial charge in [0.25, 0.3) is 11.8 Å². The molecule has 0 spiro atoms. The molecule has 1 aromatic carbocycles. The second-order valence-electron chi connectivity index (χ2n) is 6.27. The maximum atomic E-state index is 12.6. The van der Waals surface area contributed by atoms with Gasteiger partial charge in [0.05, 0.1) is 21.5 Å². The second kappa shape index (κ2) is 9.11. The van der Waals surface area contributed by atoms with Gasteiger partial charge in [-0.2, -0.15) is 0 Å². The van der Waals surface area contributed by atoms with Gasteiger partial charge in [-0.3, -0.25) is 14.5 Å². The van der Waals surface area contributed by atoms with Crippen LogP contribution in [-0.4, -0.2) is 35.9 Å². The minimum absolute atomic E-state index is 0.164. The summed E-state index contributed by atoms with van der Waals surface area (Å²) in [5, 5.41) is 3.66. The molecule has 31 heavy (non-hydrogen) atoms. The lowest BCUT2D eigenvalue weighted by Crippen LogP contribution is -2.34. The zero-order valence-electron chi connectivity index (χ0n) is 16.4. The number of ether oxygens (including phenoxy) is 1. The van der Waals surface area contributed by atoms with Gasteiger partial charge < -0.3 is 14.5 Å². The van der Waals surface area contributed by atoms with E-state index in [1.807, 2.05) is 31.2 Å². The summed E-state index contributed by atoms with van der Waals surface area (Å²) in [5.74, 6) is -1.26. The van der Waals surface area contributed by atoms with Crippen LogP contribution in [0.2, 0.25) is 0 Å². The van der Waals surface area contributed by atoms with E-state index in [1.165, 1.54) is 34.6 Å². The van der Waals surface area contributed by atoms with E-state index in [-0.39, 0.29) is 16.5 Å². The number of para-hydroxylation sites is 1. The van der Waals surface area contributed by atoms with Crippen molar-refractivity contribution in [2.24, 2.45) is 0 Å². The molecule has 0 saturated carbocycles. The number of carbonyl (C=O) groups is 3. The average Bonchev–Trinajstić information content (AvgIpc) is 3.52. The molecule has 0 unspecified atom stereocenters. The van der Waals surface area contributed by atoms with Crippen LogP contribution in [0.25, 0.3) is 10.2 Å². The Morgan fingerprint density at radius 1 is 1.10 bits per heavy atom. The lowest BCUT2D eigenvalue weighted by Gasteiger charge is -2.17. The van der Waals surface area contributed by atoms with Gasteiger partial charge in [-0.25, -0.2) is 9.78 Å². The molecule has 0 atom stereocenters. The Morgan fingerprint density at radius 2 is 1.94 bits per heavy atom. The molecule has 4 rings (SSSR count). The van der Waals surface area contributed by atoms with E-state index in [0.29, 0.717) is 16.7 Å². The highest BCUT2D eigenvalue weighted by atomic mass is 32.1. The number of benzene rings is 1. The number of nitrogens with one attached hydrogen (secondary N) is 1. The van der Waals surface area contributed by atoms with Gasteiger partial charge in [0, 0.05) is 6.54 Å². The fourth-order valence-corrected chi connectivity index (χ4v) is 4.61. The number of nitrogens with zero attached hydrogens (tertiary/aromatic N) is 2. The van der Waals surface area contributed by atoms with Crippen molar-refractivity contribution in [1.29, 1.82) is 0 Å². The van der Waals surface area contributed by atoms with Gasteiger partial charge in [0.2, 0.25) is 0 Å². The van der Waals surface area contributed by atoms with Crippen LogP contribution in [0.4, 0.5) is 10.1 Å². The van der Waals surface area contributed by atoms with Crippen LogP contribution in [0.1, 0.15) is 27.2 Å². The third kappa shape index (κ3) is 4.65. The van der Waals surface area contributed by atoms with Gasteiger partial charge in [0.1, 0.15) is 4.88 Å². The van der Waals surface area contributed by atoms with Crippen LogP contribution < -0.4 is 10.2 Å². The molecule has 1 N–H and O–H groups in total. The number of anilines is 2. The highest BCUT2D eigenvalue weighted by Crippen LogP contribution is 2.29. The first kappa shape index (κ1) is 20.8. The molecule has 0 aliphatic heterocycles. The van der Waals surface area contributed by atoms with Gasteiger partial charge >= 0.3 is 5.97 Å². The molecule has 4 aromatic rings. The molecule has 158 valence electrons. The summed E-state index contributed by atoms with van der Waals surface area (Å²) in [6.07, 6.45) is 1.40. The number of thiophene rings is 1. The van der Waals surface area contributed by atoms with Crippen molar-refractivity contribution in [1.82, 2.24) is 4.98 Å². The van der Waals surface area contributed by atoms with Gasteiger partial charge in [-0.15, -0.1) is 11.3 Å². The van der Waals surface area contributed by atoms with Gasteiger partial charge in [0.15, 0.2) is 17.5 Å². The summed E-state index contributed by atoms with van der Waals surface area (Å²) in [6, 6.07) is 13.9. The predicted octanol–water partition coefficient (Wildman–Crippen LogP) is 4.41.